The van der Waals surface area contributed by atoms with E-state index in [-0.39, 0.29) is 0 Å². The number of carbonyl (C=O) groups is 1. The molecule has 6 heteroatoms. The van der Waals surface area contributed by atoms with E-state index in [9.17, 15) is 4.79 Å². The highest BCUT2D eigenvalue weighted by Gasteiger charge is 2.18. The zero-order valence-corrected chi connectivity index (χ0v) is 13.0. The Hall–Kier alpha value is -2.63. The third kappa shape index (κ3) is 5.05. The first-order valence-corrected chi connectivity index (χ1v) is 7.02. The molecular weight excluding hydrogens is 280 g/mol. The summed E-state index contributed by atoms with van der Waals surface area (Å²) in [6, 6.07) is 11.5. The van der Waals surface area contributed by atoms with Crippen molar-refractivity contribution in [2.24, 2.45) is 4.99 Å². The van der Waals surface area contributed by atoms with E-state index in [0.29, 0.717) is 12.5 Å². The number of nitrogens with one attached hydrogen (secondary N) is 1. The number of hydrogen-bond acceptors (Lipinski definition) is 4. The Morgan fingerprint density at radius 2 is 2.00 bits per heavy atom. The van der Waals surface area contributed by atoms with Crippen molar-refractivity contribution in [1.29, 1.82) is 0 Å². The van der Waals surface area contributed by atoms with Crippen molar-refractivity contribution in [1.82, 2.24) is 15.1 Å². The van der Waals surface area contributed by atoms with Gasteiger partial charge in [-0.15, -0.1) is 0 Å². The van der Waals surface area contributed by atoms with Gasteiger partial charge in [0.25, 0.3) is 0 Å². The summed E-state index contributed by atoms with van der Waals surface area (Å²) in [4.78, 5) is 16.3. The normalized spacial score (nSPS) is 12.0. The molecule has 1 N–H and O–H groups in total. The maximum Gasteiger partial charge on any atom is 0.414 e. The molecule has 2 rings (SSSR count). The van der Waals surface area contributed by atoms with Gasteiger partial charge in [-0.3, -0.25) is 5.32 Å². The van der Waals surface area contributed by atoms with E-state index in [1.54, 1.807) is 39.2 Å². The summed E-state index contributed by atoms with van der Waals surface area (Å²) >= 11 is 0. The van der Waals surface area contributed by atoms with Gasteiger partial charge in [0.15, 0.2) is 0 Å². The third-order valence-corrected chi connectivity index (χ3v) is 2.59. The zero-order chi connectivity index (χ0) is 16.0. The first-order valence-electron chi connectivity index (χ1n) is 7.02. The second-order valence-corrected chi connectivity index (χ2v) is 5.70. The predicted octanol–water partition coefficient (Wildman–Crippen LogP) is 2.81. The molecule has 0 aliphatic heterocycles. The Morgan fingerprint density at radius 1 is 1.27 bits per heavy atom. The second-order valence-electron chi connectivity index (χ2n) is 5.70. The van der Waals surface area contributed by atoms with Gasteiger partial charge in [-0.1, -0.05) is 30.3 Å². The number of hydrogen-bond donors (Lipinski definition) is 1. The summed E-state index contributed by atoms with van der Waals surface area (Å²) in [5, 5.41) is 6.73. The van der Waals surface area contributed by atoms with Gasteiger partial charge in [-0.05, 0) is 32.4 Å². The Kier molecular flexibility index (Phi) is 4.93. The van der Waals surface area contributed by atoms with E-state index in [1.807, 2.05) is 30.3 Å². The number of nitrogens with zero attached hydrogens (tertiary/aromatic N) is 3. The van der Waals surface area contributed by atoms with Crippen LogP contribution in [0, 0.1) is 0 Å². The highest BCUT2D eigenvalue weighted by molar-refractivity contribution is 5.94. The van der Waals surface area contributed by atoms with Gasteiger partial charge in [0.2, 0.25) is 5.96 Å². The lowest BCUT2D eigenvalue weighted by atomic mass is 10.2. The molecule has 1 heterocycles. The summed E-state index contributed by atoms with van der Waals surface area (Å²) in [6.07, 6.45) is 2.77. The Bertz CT molecular complexity index is 628. The van der Waals surface area contributed by atoms with Crippen LogP contribution < -0.4 is 5.32 Å². The van der Waals surface area contributed by atoms with Crippen LogP contribution in [0.1, 0.15) is 26.3 Å². The highest BCUT2D eigenvalue weighted by atomic mass is 16.6. The molecule has 0 unspecified atom stereocenters. The van der Waals surface area contributed by atoms with E-state index in [4.69, 9.17) is 4.74 Å². The average Bonchev–Trinajstić information content (AvgIpc) is 2.96. The Labute approximate surface area is 129 Å². The van der Waals surface area contributed by atoms with Crippen molar-refractivity contribution in [3.8, 4) is 0 Å². The SMILES string of the molecule is CC(C)(C)OC(=O)NC(=NCc1ccccc1)n1cccn1. The lowest BCUT2D eigenvalue weighted by molar-refractivity contribution is 0.0561. The molecule has 1 aromatic heterocycles. The number of alkyl carbamates (subject to hydrolysis) is 1. The summed E-state index contributed by atoms with van der Waals surface area (Å²) in [6.45, 7) is 5.86. The summed E-state index contributed by atoms with van der Waals surface area (Å²) in [7, 11) is 0. The fourth-order valence-electron chi connectivity index (χ4n) is 1.71. The summed E-state index contributed by atoms with van der Waals surface area (Å²) in [5.41, 5.74) is 0.469. The average molecular weight is 300 g/mol. The minimum Gasteiger partial charge on any atom is -0.444 e. The van der Waals surface area contributed by atoms with Gasteiger partial charge in [0.05, 0.1) is 6.54 Å². The van der Waals surface area contributed by atoms with E-state index < -0.39 is 11.7 Å². The number of aliphatic imine (C=N–C) groups is 1. The molecule has 0 bridgehead atoms. The van der Waals surface area contributed by atoms with Crippen LogP contribution >= 0.6 is 0 Å². The van der Waals surface area contributed by atoms with Crippen LogP contribution in [0.15, 0.2) is 53.8 Å². The topological polar surface area (TPSA) is 68.5 Å². The van der Waals surface area contributed by atoms with Crippen molar-refractivity contribution in [3.05, 3.63) is 54.4 Å². The summed E-state index contributed by atoms with van der Waals surface area (Å²) in [5.74, 6) is 0.322. The maximum atomic E-state index is 11.9. The van der Waals surface area contributed by atoms with Crippen LogP contribution in [-0.4, -0.2) is 27.4 Å². The number of aromatic nitrogens is 2. The van der Waals surface area contributed by atoms with Crippen LogP contribution in [0.2, 0.25) is 0 Å². The van der Waals surface area contributed by atoms with Crippen molar-refractivity contribution < 1.29 is 9.53 Å². The van der Waals surface area contributed by atoms with Gasteiger partial charge in [-0.25, -0.2) is 14.5 Å². The lowest BCUT2D eigenvalue weighted by Gasteiger charge is -2.20. The molecule has 0 fully saturated rings. The van der Waals surface area contributed by atoms with Gasteiger partial charge in [-0.2, -0.15) is 5.10 Å². The van der Waals surface area contributed by atoms with Crippen molar-refractivity contribution in [3.63, 3.8) is 0 Å². The van der Waals surface area contributed by atoms with Crippen LogP contribution in [0.5, 0.6) is 0 Å². The first-order chi connectivity index (χ1) is 10.4. The van der Waals surface area contributed by atoms with Gasteiger partial charge >= 0.3 is 6.09 Å². The van der Waals surface area contributed by atoms with E-state index in [0.717, 1.165) is 5.56 Å². The quantitative estimate of drug-likeness (QED) is 0.685. The zero-order valence-electron chi connectivity index (χ0n) is 13.0. The molecule has 1 amide bonds. The van der Waals surface area contributed by atoms with Crippen molar-refractivity contribution >= 4 is 12.1 Å². The number of rotatable bonds is 2. The molecule has 1 aromatic carbocycles. The largest absolute Gasteiger partial charge is 0.444 e. The van der Waals surface area contributed by atoms with Crippen LogP contribution in [0.25, 0.3) is 0 Å². The molecule has 0 saturated heterocycles. The van der Waals surface area contributed by atoms with E-state index in [1.165, 1.54) is 4.68 Å². The molecule has 0 saturated carbocycles. The molecule has 22 heavy (non-hydrogen) atoms. The molecule has 0 aliphatic rings. The first kappa shape index (κ1) is 15.8. The van der Waals surface area contributed by atoms with Gasteiger partial charge in [0, 0.05) is 12.4 Å². The smallest absolute Gasteiger partial charge is 0.414 e. The van der Waals surface area contributed by atoms with Gasteiger partial charge < -0.3 is 4.74 Å². The molecule has 0 spiro atoms. The standard InChI is InChI=1S/C16H20N4O2/c1-16(2,3)22-15(21)19-14(20-11-7-10-18-20)17-12-13-8-5-4-6-9-13/h4-11H,12H2,1-3H3,(H,17,19,21). The molecular formula is C16H20N4O2. The molecule has 0 atom stereocenters. The highest BCUT2D eigenvalue weighted by Crippen LogP contribution is 2.07. The molecule has 0 aliphatic carbocycles. The van der Waals surface area contributed by atoms with Crippen molar-refractivity contribution in [2.45, 2.75) is 32.9 Å². The summed E-state index contributed by atoms with van der Waals surface area (Å²) < 4.78 is 6.74. The van der Waals surface area contributed by atoms with Crippen LogP contribution in [-0.2, 0) is 11.3 Å². The minimum atomic E-state index is -0.571. The number of benzene rings is 1. The van der Waals surface area contributed by atoms with E-state index >= 15 is 0 Å². The molecule has 116 valence electrons. The number of carbonyl (C=O) groups excluding carboxylic acids is 1. The Morgan fingerprint density at radius 3 is 2.59 bits per heavy atom. The third-order valence-electron chi connectivity index (χ3n) is 2.59. The lowest BCUT2D eigenvalue weighted by Crippen LogP contribution is -2.40. The number of amides is 1. The van der Waals surface area contributed by atoms with Crippen molar-refractivity contribution in [2.75, 3.05) is 0 Å². The van der Waals surface area contributed by atoms with Crippen LogP contribution in [0.4, 0.5) is 4.79 Å². The monoisotopic (exact) mass is 300 g/mol. The fraction of sp³-hybridized carbons (Fsp3) is 0.312. The minimum absolute atomic E-state index is 0.322. The predicted molar refractivity (Wildman–Crippen MR) is 84.6 cm³/mol. The second kappa shape index (κ2) is 6.89. The van der Waals surface area contributed by atoms with Crippen LogP contribution in [0.3, 0.4) is 0 Å². The fourth-order valence-corrected chi connectivity index (χ4v) is 1.71. The molecule has 2 aromatic rings. The maximum absolute atomic E-state index is 11.9. The number of ether oxygens (including phenoxy) is 1. The van der Waals surface area contributed by atoms with Gasteiger partial charge in [0.1, 0.15) is 5.60 Å². The molecule has 6 nitrogen and oxygen atoms in total. The van der Waals surface area contributed by atoms with E-state index in [2.05, 4.69) is 15.4 Å². The molecule has 0 radical (unpaired) electrons. The Balaban J connectivity index is 2.12.